The van der Waals surface area contributed by atoms with Crippen molar-refractivity contribution < 1.29 is 4.79 Å². The SMILES string of the molecule is CN1C(=O)[C@](Nc2ccccc2)(c2ccccc2)c2cc(Br)cc(Br)c21. The number of carbonyl (C=O) groups is 1. The minimum Gasteiger partial charge on any atom is -0.364 e. The van der Waals surface area contributed by atoms with Crippen LogP contribution in [0.3, 0.4) is 0 Å². The van der Waals surface area contributed by atoms with Gasteiger partial charge in [-0.2, -0.15) is 0 Å². The van der Waals surface area contributed by atoms with Gasteiger partial charge in [0.1, 0.15) is 0 Å². The summed E-state index contributed by atoms with van der Waals surface area (Å²) >= 11 is 7.20. The number of fused-ring (bicyclic) bond motifs is 1. The first-order chi connectivity index (χ1) is 12.5. The van der Waals surface area contributed by atoms with Gasteiger partial charge in [-0.1, -0.05) is 64.5 Å². The van der Waals surface area contributed by atoms with Crippen LogP contribution in [0.25, 0.3) is 0 Å². The molecule has 26 heavy (non-hydrogen) atoms. The fraction of sp³-hybridized carbons (Fsp3) is 0.0952. The summed E-state index contributed by atoms with van der Waals surface area (Å²) in [7, 11) is 1.82. The van der Waals surface area contributed by atoms with Crippen LogP contribution in [0.4, 0.5) is 11.4 Å². The molecule has 1 aliphatic heterocycles. The summed E-state index contributed by atoms with van der Waals surface area (Å²) in [6.07, 6.45) is 0. The molecule has 0 fully saturated rings. The summed E-state index contributed by atoms with van der Waals surface area (Å²) in [5, 5.41) is 3.53. The maximum Gasteiger partial charge on any atom is 0.261 e. The van der Waals surface area contributed by atoms with Crippen molar-refractivity contribution in [2.24, 2.45) is 0 Å². The smallest absolute Gasteiger partial charge is 0.261 e. The number of hydrogen-bond acceptors (Lipinski definition) is 2. The Bertz CT molecular complexity index is 976. The second-order valence-corrected chi connectivity index (χ2v) is 8.03. The molecule has 1 heterocycles. The van der Waals surface area contributed by atoms with Gasteiger partial charge < -0.3 is 10.2 Å². The first kappa shape index (κ1) is 17.3. The minimum absolute atomic E-state index is 0.0126. The number of likely N-dealkylation sites (N-methyl/N-ethyl adjacent to an activating group) is 1. The van der Waals surface area contributed by atoms with Crippen molar-refractivity contribution in [2.45, 2.75) is 5.54 Å². The van der Waals surface area contributed by atoms with Crippen LogP contribution in [0, 0.1) is 0 Å². The lowest BCUT2D eigenvalue weighted by molar-refractivity contribution is -0.120. The van der Waals surface area contributed by atoms with Crippen molar-refractivity contribution in [3.8, 4) is 0 Å². The van der Waals surface area contributed by atoms with Gasteiger partial charge >= 0.3 is 0 Å². The van der Waals surface area contributed by atoms with E-state index in [1.807, 2.05) is 79.8 Å². The number of carbonyl (C=O) groups excluding carboxylic acids is 1. The first-order valence-electron chi connectivity index (χ1n) is 8.20. The summed E-state index contributed by atoms with van der Waals surface area (Å²) in [6.45, 7) is 0. The number of anilines is 2. The number of halogens is 2. The highest BCUT2D eigenvalue weighted by molar-refractivity contribution is 9.11. The van der Waals surface area contributed by atoms with E-state index < -0.39 is 5.54 Å². The monoisotopic (exact) mass is 470 g/mol. The van der Waals surface area contributed by atoms with Crippen LogP contribution in [0.5, 0.6) is 0 Å². The summed E-state index contributed by atoms with van der Waals surface area (Å²) < 4.78 is 1.80. The summed E-state index contributed by atoms with van der Waals surface area (Å²) in [4.78, 5) is 15.3. The number of hydrogen-bond donors (Lipinski definition) is 1. The molecule has 0 bridgehead atoms. The highest BCUT2D eigenvalue weighted by Gasteiger charge is 2.52. The van der Waals surface area contributed by atoms with E-state index in [0.717, 1.165) is 31.4 Å². The average Bonchev–Trinajstić information content (AvgIpc) is 2.86. The van der Waals surface area contributed by atoms with E-state index in [2.05, 4.69) is 37.2 Å². The molecule has 0 unspecified atom stereocenters. The fourth-order valence-electron chi connectivity index (χ4n) is 3.56. The van der Waals surface area contributed by atoms with Crippen molar-refractivity contribution in [3.05, 3.63) is 92.9 Å². The maximum absolute atomic E-state index is 13.6. The second-order valence-electron chi connectivity index (χ2n) is 6.25. The molecule has 0 spiro atoms. The van der Waals surface area contributed by atoms with Crippen LogP contribution in [0.15, 0.2) is 81.7 Å². The highest BCUT2D eigenvalue weighted by atomic mass is 79.9. The highest BCUT2D eigenvalue weighted by Crippen LogP contribution is 2.49. The Morgan fingerprint density at radius 3 is 2.19 bits per heavy atom. The third-order valence-electron chi connectivity index (χ3n) is 4.71. The lowest BCUT2D eigenvalue weighted by Crippen LogP contribution is -2.46. The number of nitrogens with zero attached hydrogens (tertiary/aromatic N) is 1. The summed E-state index contributed by atoms with van der Waals surface area (Å²) in [5.74, 6) is -0.0126. The Kier molecular flexibility index (Phi) is 4.37. The molecule has 1 N–H and O–H groups in total. The third kappa shape index (κ3) is 2.58. The lowest BCUT2D eigenvalue weighted by atomic mass is 9.83. The third-order valence-corrected chi connectivity index (χ3v) is 5.77. The van der Waals surface area contributed by atoms with Gasteiger partial charge in [-0.15, -0.1) is 0 Å². The standard InChI is InChI=1S/C21H16Br2N2O/c1-25-19-17(12-15(22)13-18(19)23)21(20(25)26,14-8-4-2-5-9-14)24-16-10-6-3-7-11-16/h2-13,24H,1H3/t21-/m0/s1. The minimum atomic E-state index is -0.987. The number of benzene rings is 3. The molecule has 0 saturated carbocycles. The van der Waals surface area contributed by atoms with Gasteiger partial charge in [0, 0.05) is 27.2 Å². The molecule has 0 aromatic heterocycles. The number of para-hydroxylation sites is 1. The van der Waals surface area contributed by atoms with Gasteiger partial charge in [-0.25, -0.2) is 0 Å². The van der Waals surface area contributed by atoms with Crippen LogP contribution in [0.2, 0.25) is 0 Å². The maximum atomic E-state index is 13.6. The molecule has 130 valence electrons. The van der Waals surface area contributed by atoms with Crippen molar-refractivity contribution in [1.82, 2.24) is 0 Å². The molecule has 1 amide bonds. The van der Waals surface area contributed by atoms with Gasteiger partial charge in [0.15, 0.2) is 5.54 Å². The summed E-state index contributed by atoms with van der Waals surface area (Å²) in [5.41, 5.74) is 2.61. The lowest BCUT2D eigenvalue weighted by Gasteiger charge is -2.31. The van der Waals surface area contributed by atoms with E-state index in [-0.39, 0.29) is 5.91 Å². The molecule has 1 aliphatic rings. The van der Waals surface area contributed by atoms with E-state index in [9.17, 15) is 4.79 Å². The fourth-order valence-corrected chi connectivity index (χ4v) is 5.05. The summed E-state index contributed by atoms with van der Waals surface area (Å²) in [6, 6.07) is 23.7. The van der Waals surface area contributed by atoms with E-state index in [4.69, 9.17) is 0 Å². The number of amides is 1. The normalized spacial score (nSPS) is 18.7. The van der Waals surface area contributed by atoms with Crippen LogP contribution >= 0.6 is 31.9 Å². The van der Waals surface area contributed by atoms with Crippen LogP contribution in [-0.2, 0) is 10.3 Å². The second kappa shape index (κ2) is 6.56. The zero-order valence-electron chi connectivity index (χ0n) is 14.0. The van der Waals surface area contributed by atoms with Gasteiger partial charge in [0.25, 0.3) is 5.91 Å². The van der Waals surface area contributed by atoms with Gasteiger partial charge in [-0.3, -0.25) is 4.79 Å². The van der Waals surface area contributed by atoms with Crippen molar-refractivity contribution in [1.29, 1.82) is 0 Å². The van der Waals surface area contributed by atoms with E-state index >= 15 is 0 Å². The van der Waals surface area contributed by atoms with E-state index in [0.29, 0.717) is 0 Å². The number of nitrogens with one attached hydrogen (secondary N) is 1. The molecule has 0 saturated heterocycles. The molecule has 3 nitrogen and oxygen atoms in total. The molecular weight excluding hydrogens is 456 g/mol. The van der Waals surface area contributed by atoms with Crippen LogP contribution in [0.1, 0.15) is 11.1 Å². The molecule has 5 heteroatoms. The van der Waals surface area contributed by atoms with Gasteiger partial charge in [-0.05, 0) is 45.8 Å². The Hall–Kier alpha value is -2.11. The first-order valence-corrected chi connectivity index (χ1v) is 9.79. The molecule has 0 aliphatic carbocycles. The number of rotatable bonds is 3. The quantitative estimate of drug-likeness (QED) is 0.543. The van der Waals surface area contributed by atoms with Crippen molar-refractivity contribution in [2.75, 3.05) is 17.3 Å². The predicted octanol–water partition coefficient (Wildman–Crippen LogP) is 5.54. The topological polar surface area (TPSA) is 32.3 Å². The zero-order chi connectivity index (χ0) is 18.3. The molecule has 3 aromatic carbocycles. The van der Waals surface area contributed by atoms with E-state index in [1.54, 1.807) is 4.90 Å². The van der Waals surface area contributed by atoms with Gasteiger partial charge in [0.2, 0.25) is 0 Å². The van der Waals surface area contributed by atoms with Crippen LogP contribution in [-0.4, -0.2) is 13.0 Å². The Morgan fingerprint density at radius 2 is 1.54 bits per heavy atom. The predicted molar refractivity (Wildman–Crippen MR) is 113 cm³/mol. The molecule has 1 atom stereocenters. The molecule has 3 aromatic rings. The van der Waals surface area contributed by atoms with Crippen LogP contribution < -0.4 is 10.2 Å². The van der Waals surface area contributed by atoms with Crippen molar-refractivity contribution >= 4 is 49.1 Å². The Balaban J connectivity index is 2.03. The van der Waals surface area contributed by atoms with Crippen molar-refractivity contribution in [3.63, 3.8) is 0 Å². The zero-order valence-corrected chi connectivity index (χ0v) is 17.2. The van der Waals surface area contributed by atoms with Gasteiger partial charge in [0.05, 0.1) is 5.69 Å². The van der Waals surface area contributed by atoms with E-state index in [1.165, 1.54) is 0 Å². The molecular formula is C21H16Br2N2O. The molecule has 4 rings (SSSR count). The molecule has 0 radical (unpaired) electrons. The average molecular weight is 472 g/mol. The largest absolute Gasteiger partial charge is 0.364 e. The Labute approximate surface area is 169 Å². The Morgan fingerprint density at radius 1 is 0.923 bits per heavy atom.